The van der Waals surface area contributed by atoms with Crippen LogP contribution in [0, 0.1) is 11.8 Å². The number of ether oxygens (including phenoxy) is 1. The minimum absolute atomic E-state index is 0.299. The van der Waals surface area contributed by atoms with Gasteiger partial charge in [-0.05, 0) is 61.8 Å². The molecule has 0 saturated carbocycles. The van der Waals surface area contributed by atoms with Crippen LogP contribution in [0.3, 0.4) is 0 Å². The molecule has 33 heavy (non-hydrogen) atoms. The van der Waals surface area contributed by atoms with Crippen molar-refractivity contribution in [3.05, 3.63) is 73.1 Å². The Morgan fingerprint density at radius 2 is 1.15 bits per heavy atom. The molecule has 0 N–H and O–H groups in total. The lowest BCUT2D eigenvalue weighted by Crippen LogP contribution is -2.33. The molecule has 2 fully saturated rings. The molecule has 0 amide bonds. The van der Waals surface area contributed by atoms with Gasteiger partial charge in [-0.3, -0.25) is 0 Å². The molecule has 2 saturated heterocycles. The molecule has 172 valence electrons. The monoisotopic (exact) mass is 446 g/mol. The predicted molar refractivity (Wildman–Crippen MR) is 128 cm³/mol. The molecule has 7 nitrogen and oxygen atoms in total. The van der Waals surface area contributed by atoms with Crippen molar-refractivity contribution >= 4 is 23.6 Å². The Morgan fingerprint density at radius 3 is 1.52 bits per heavy atom. The zero-order valence-electron chi connectivity index (χ0n) is 18.8. The summed E-state index contributed by atoms with van der Waals surface area (Å²) in [7, 11) is 0. The Morgan fingerprint density at radius 1 is 0.727 bits per heavy atom. The zero-order valence-corrected chi connectivity index (χ0v) is 18.8. The van der Waals surface area contributed by atoms with Crippen LogP contribution in [0.5, 0.6) is 0 Å². The van der Waals surface area contributed by atoms with Crippen LogP contribution in [0.15, 0.2) is 73.1 Å². The first-order chi connectivity index (χ1) is 16.2. The summed E-state index contributed by atoms with van der Waals surface area (Å²) in [5.74, 6) is 1.35. The lowest BCUT2D eigenvalue weighted by Gasteiger charge is -2.31. The van der Waals surface area contributed by atoms with Gasteiger partial charge >= 0.3 is 11.9 Å². The number of carbonyl (C=O) groups excluding carboxylic acids is 2. The van der Waals surface area contributed by atoms with E-state index in [-0.39, 0.29) is 0 Å². The molecule has 4 rings (SSSR count). The van der Waals surface area contributed by atoms with Crippen LogP contribution < -0.4 is 9.80 Å². The Bertz CT molecular complexity index is 882. The van der Waals surface area contributed by atoms with Crippen LogP contribution in [-0.4, -0.2) is 48.1 Å². The third kappa shape index (κ3) is 6.75. The molecule has 2 aliphatic rings. The highest BCUT2D eigenvalue weighted by molar-refractivity contribution is 5.96. The smallest absolute Gasteiger partial charge is 0.338 e. The van der Waals surface area contributed by atoms with E-state index < -0.39 is 11.9 Å². The van der Waals surface area contributed by atoms with Gasteiger partial charge in [0, 0.05) is 50.7 Å². The number of esters is 2. The number of rotatable bonds is 6. The van der Waals surface area contributed by atoms with Crippen molar-refractivity contribution in [2.24, 2.45) is 11.8 Å². The van der Waals surface area contributed by atoms with E-state index in [0.717, 1.165) is 63.5 Å². The van der Waals surface area contributed by atoms with Gasteiger partial charge in [0.25, 0.3) is 0 Å². The van der Waals surface area contributed by atoms with E-state index in [1.54, 1.807) is 12.4 Å². The highest BCUT2D eigenvalue weighted by atomic mass is 16.6. The summed E-state index contributed by atoms with van der Waals surface area (Å²) in [4.78, 5) is 37.3. The molecular formula is C26H30N4O3. The van der Waals surface area contributed by atoms with Crippen molar-refractivity contribution in [1.82, 2.24) is 9.97 Å². The van der Waals surface area contributed by atoms with Gasteiger partial charge in [-0.1, -0.05) is 24.3 Å². The Labute approximate surface area is 194 Å². The maximum atomic E-state index is 12.0. The van der Waals surface area contributed by atoms with Gasteiger partial charge in [-0.25, -0.2) is 19.6 Å². The third-order valence-corrected chi connectivity index (χ3v) is 6.24. The quantitative estimate of drug-likeness (QED) is 0.380. The van der Waals surface area contributed by atoms with Crippen LogP contribution in [0.1, 0.15) is 25.7 Å². The molecule has 2 aliphatic heterocycles. The molecule has 0 bridgehead atoms. The molecule has 0 aromatic carbocycles. The van der Waals surface area contributed by atoms with Gasteiger partial charge < -0.3 is 14.5 Å². The number of piperidine rings is 2. The molecule has 0 unspecified atom stereocenters. The highest BCUT2D eigenvalue weighted by Crippen LogP contribution is 2.23. The first kappa shape index (κ1) is 22.7. The van der Waals surface area contributed by atoms with Crippen molar-refractivity contribution in [2.75, 3.05) is 36.0 Å². The minimum atomic E-state index is -0.609. The molecule has 4 heterocycles. The van der Waals surface area contributed by atoms with E-state index >= 15 is 0 Å². The van der Waals surface area contributed by atoms with Crippen molar-refractivity contribution in [1.29, 1.82) is 0 Å². The average molecular weight is 447 g/mol. The summed E-state index contributed by atoms with van der Waals surface area (Å²) in [5, 5.41) is 0. The Balaban J connectivity index is 1.15. The van der Waals surface area contributed by atoms with E-state index in [2.05, 4.69) is 19.8 Å². The molecule has 0 spiro atoms. The van der Waals surface area contributed by atoms with Gasteiger partial charge in [0.2, 0.25) is 0 Å². The largest absolute Gasteiger partial charge is 0.387 e. The van der Waals surface area contributed by atoms with Gasteiger partial charge in [0.05, 0.1) is 0 Å². The van der Waals surface area contributed by atoms with E-state index in [0.29, 0.717) is 11.8 Å². The topological polar surface area (TPSA) is 75.6 Å². The standard InChI is InChI=1S/C26H30N4O3/c31-25(9-7-21-11-17-29(18-12-21)23-5-1-3-15-27-23)33-26(32)10-8-22-13-19-30(20-14-22)24-6-2-4-16-28-24/h1-10,15-16,21-22H,11-14,17-20H2/b9-7+,10-8+. The van der Waals surface area contributed by atoms with E-state index in [1.165, 1.54) is 12.2 Å². The SMILES string of the molecule is O=C(/C=C/C1CCN(c2ccccn2)CC1)OC(=O)/C=C/C1CCN(c2ccccn2)CC1. The van der Waals surface area contributed by atoms with Crippen LogP contribution >= 0.6 is 0 Å². The van der Waals surface area contributed by atoms with Crippen LogP contribution in [-0.2, 0) is 14.3 Å². The molecule has 0 atom stereocenters. The fourth-order valence-electron chi connectivity index (χ4n) is 4.32. The molecule has 0 aliphatic carbocycles. The molecular weight excluding hydrogens is 416 g/mol. The summed E-state index contributed by atoms with van der Waals surface area (Å²) in [6, 6.07) is 11.8. The second-order valence-electron chi connectivity index (χ2n) is 8.48. The summed E-state index contributed by atoms with van der Waals surface area (Å²) in [6.45, 7) is 3.56. The lowest BCUT2D eigenvalue weighted by atomic mass is 9.96. The lowest BCUT2D eigenvalue weighted by molar-refractivity contribution is -0.152. The Kier molecular flexibility index (Phi) is 7.85. The van der Waals surface area contributed by atoms with Gasteiger partial charge in [0.15, 0.2) is 0 Å². The number of aromatic nitrogens is 2. The molecule has 2 aromatic heterocycles. The van der Waals surface area contributed by atoms with Crippen LogP contribution in [0.25, 0.3) is 0 Å². The predicted octanol–water partition coefficient (Wildman–Crippen LogP) is 3.79. The van der Waals surface area contributed by atoms with E-state index in [9.17, 15) is 9.59 Å². The number of carbonyl (C=O) groups is 2. The second kappa shape index (κ2) is 11.4. The summed E-state index contributed by atoms with van der Waals surface area (Å²) in [6.07, 6.45) is 13.8. The number of nitrogens with zero attached hydrogens (tertiary/aromatic N) is 4. The van der Waals surface area contributed by atoms with Gasteiger partial charge in [-0.2, -0.15) is 0 Å². The van der Waals surface area contributed by atoms with Crippen molar-refractivity contribution in [2.45, 2.75) is 25.7 Å². The summed E-state index contributed by atoms with van der Waals surface area (Å²) >= 11 is 0. The third-order valence-electron chi connectivity index (χ3n) is 6.24. The number of hydrogen-bond acceptors (Lipinski definition) is 7. The summed E-state index contributed by atoms with van der Waals surface area (Å²) in [5.41, 5.74) is 0. The van der Waals surface area contributed by atoms with Gasteiger partial charge in [-0.15, -0.1) is 0 Å². The second-order valence-corrected chi connectivity index (χ2v) is 8.48. The van der Waals surface area contributed by atoms with Gasteiger partial charge in [0.1, 0.15) is 11.6 Å². The first-order valence-corrected chi connectivity index (χ1v) is 11.6. The molecule has 2 aromatic rings. The highest BCUT2D eigenvalue weighted by Gasteiger charge is 2.20. The first-order valence-electron chi connectivity index (χ1n) is 11.6. The number of allylic oxidation sites excluding steroid dienone is 2. The Hall–Kier alpha value is -3.48. The van der Waals surface area contributed by atoms with Crippen molar-refractivity contribution < 1.29 is 14.3 Å². The number of hydrogen-bond donors (Lipinski definition) is 0. The molecule has 0 radical (unpaired) electrons. The molecule has 7 heteroatoms. The normalized spacial score (nSPS) is 18.2. The van der Waals surface area contributed by atoms with Crippen molar-refractivity contribution in [3.8, 4) is 0 Å². The maximum Gasteiger partial charge on any atom is 0.338 e. The van der Waals surface area contributed by atoms with Crippen LogP contribution in [0.4, 0.5) is 11.6 Å². The average Bonchev–Trinajstić information content (AvgIpc) is 2.88. The van der Waals surface area contributed by atoms with Crippen LogP contribution in [0.2, 0.25) is 0 Å². The summed E-state index contributed by atoms with van der Waals surface area (Å²) < 4.78 is 4.92. The number of anilines is 2. The number of pyridine rings is 2. The minimum Gasteiger partial charge on any atom is -0.387 e. The van der Waals surface area contributed by atoms with E-state index in [1.807, 2.05) is 48.6 Å². The zero-order chi connectivity index (χ0) is 22.9. The fraction of sp³-hybridized carbons (Fsp3) is 0.385. The maximum absolute atomic E-state index is 12.0. The van der Waals surface area contributed by atoms with Crippen molar-refractivity contribution in [3.63, 3.8) is 0 Å². The van der Waals surface area contributed by atoms with E-state index in [4.69, 9.17) is 4.74 Å². The fourth-order valence-corrected chi connectivity index (χ4v) is 4.32.